The van der Waals surface area contributed by atoms with Gasteiger partial charge in [0.2, 0.25) is 0 Å². The van der Waals surface area contributed by atoms with E-state index in [9.17, 15) is 4.79 Å². The van der Waals surface area contributed by atoms with Crippen LogP contribution in [0.25, 0.3) is 10.9 Å². The van der Waals surface area contributed by atoms with Gasteiger partial charge in [-0.05, 0) is 24.5 Å². The molecule has 1 unspecified atom stereocenters. The van der Waals surface area contributed by atoms with Crippen molar-refractivity contribution in [2.45, 2.75) is 25.5 Å². The van der Waals surface area contributed by atoms with E-state index in [1.165, 1.54) is 16.5 Å². The van der Waals surface area contributed by atoms with Crippen LogP contribution in [0.2, 0.25) is 0 Å². The summed E-state index contributed by atoms with van der Waals surface area (Å²) in [5, 5.41) is 1.30. The van der Waals surface area contributed by atoms with Crippen LogP contribution in [-0.2, 0) is 16.1 Å². The van der Waals surface area contributed by atoms with E-state index in [4.69, 9.17) is 4.74 Å². The summed E-state index contributed by atoms with van der Waals surface area (Å²) in [6.45, 7) is 5.14. The Morgan fingerprint density at radius 1 is 1.22 bits per heavy atom. The van der Waals surface area contributed by atoms with Crippen molar-refractivity contribution < 1.29 is 9.53 Å². The predicted molar refractivity (Wildman–Crippen MR) is 89.1 cm³/mol. The molecule has 2 aliphatic rings. The number of fused-ring (bicyclic) bond motifs is 1. The lowest BCUT2D eigenvalue weighted by Crippen LogP contribution is -2.51. The first-order valence-electron chi connectivity index (χ1n) is 8.49. The Labute approximate surface area is 136 Å². The number of hydrogen-bond acceptors (Lipinski definition) is 3. The highest BCUT2D eigenvalue weighted by Gasteiger charge is 2.30. The number of hydrogen-bond donors (Lipinski definition) is 1. The zero-order chi connectivity index (χ0) is 15.6. The maximum Gasteiger partial charge on any atom is 0.251 e. The molecule has 1 aromatic heterocycles. The number of piperazine rings is 1. The van der Waals surface area contributed by atoms with Gasteiger partial charge in [0, 0.05) is 56.4 Å². The number of nitrogens with one attached hydrogen (secondary N) is 1. The Hall–Kier alpha value is -1.85. The molecule has 1 aromatic carbocycles. The third kappa shape index (κ3) is 2.99. The van der Waals surface area contributed by atoms with Gasteiger partial charge in [-0.25, -0.2) is 0 Å². The monoisotopic (exact) mass is 313 g/mol. The molecule has 1 N–H and O–H groups in total. The van der Waals surface area contributed by atoms with Crippen LogP contribution in [-0.4, -0.2) is 59.6 Å². The summed E-state index contributed by atoms with van der Waals surface area (Å²) in [5.74, 6) is 0.189. The first-order valence-corrected chi connectivity index (χ1v) is 8.49. The van der Waals surface area contributed by atoms with Crippen molar-refractivity contribution in [2.75, 3.05) is 32.8 Å². The summed E-state index contributed by atoms with van der Waals surface area (Å²) in [6, 6.07) is 8.41. The fraction of sp³-hybridized carbons (Fsp3) is 0.500. The maximum atomic E-state index is 12.4. The molecule has 0 radical (unpaired) electrons. The Kier molecular flexibility index (Phi) is 4.06. The molecule has 2 aromatic rings. The van der Waals surface area contributed by atoms with Crippen molar-refractivity contribution in [3.05, 3.63) is 36.0 Å². The van der Waals surface area contributed by atoms with Crippen molar-refractivity contribution in [1.29, 1.82) is 0 Å². The summed E-state index contributed by atoms with van der Waals surface area (Å²) >= 11 is 0. The highest BCUT2D eigenvalue weighted by molar-refractivity contribution is 5.83. The molecule has 5 nitrogen and oxygen atoms in total. The van der Waals surface area contributed by atoms with E-state index in [1.807, 2.05) is 4.90 Å². The van der Waals surface area contributed by atoms with Crippen LogP contribution in [0.15, 0.2) is 30.5 Å². The van der Waals surface area contributed by atoms with Crippen LogP contribution in [0.5, 0.6) is 0 Å². The molecule has 5 heteroatoms. The predicted octanol–water partition coefficient (Wildman–Crippen LogP) is 1.99. The highest BCUT2D eigenvalue weighted by atomic mass is 16.5. The normalized spacial score (nSPS) is 22.8. The number of aromatic nitrogens is 1. The molecule has 0 bridgehead atoms. The zero-order valence-electron chi connectivity index (χ0n) is 13.3. The van der Waals surface area contributed by atoms with E-state index in [0.717, 1.165) is 52.2 Å². The number of amides is 1. The second-order valence-corrected chi connectivity index (χ2v) is 6.46. The lowest BCUT2D eigenvalue weighted by molar-refractivity contribution is -0.142. The minimum absolute atomic E-state index is 0.185. The molecule has 2 aliphatic heterocycles. The van der Waals surface area contributed by atoms with Crippen LogP contribution in [0.1, 0.15) is 18.4 Å². The molecule has 0 spiro atoms. The average Bonchev–Trinajstić information content (AvgIpc) is 3.25. The van der Waals surface area contributed by atoms with E-state index in [1.54, 1.807) is 0 Å². The Morgan fingerprint density at radius 3 is 2.83 bits per heavy atom. The van der Waals surface area contributed by atoms with E-state index in [0.29, 0.717) is 0 Å². The van der Waals surface area contributed by atoms with Crippen molar-refractivity contribution in [3.63, 3.8) is 0 Å². The third-order valence-corrected chi connectivity index (χ3v) is 4.96. The molecule has 2 fully saturated rings. The number of carbonyl (C=O) groups is 1. The van der Waals surface area contributed by atoms with E-state index in [-0.39, 0.29) is 12.0 Å². The summed E-state index contributed by atoms with van der Waals surface area (Å²) < 4.78 is 5.52. The molecule has 1 atom stereocenters. The van der Waals surface area contributed by atoms with Crippen LogP contribution in [0.3, 0.4) is 0 Å². The molecule has 23 heavy (non-hydrogen) atoms. The molecular formula is C18H23N3O2. The third-order valence-electron chi connectivity index (χ3n) is 4.96. The lowest BCUT2D eigenvalue weighted by Gasteiger charge is -2.35. The van der Waals surface area contributed by atoms with Crippen molar-refractivity contribution in [1.82, 2.24) is 14.8 Å². The average molecular weight is 313 g/mol. The van der Waals surface area contributed by atoms with E-state index < -0.39 is 0 Å². The molecular weight excluding hydrogens is 290 g/mol. The molecule has 1 amide bonds. The lowest BCUT2D eigenvalue weighted by atomic mass is 10.1. The second-order valence-electron chi connectivity index (χ2n) is 6.46. The van der Waals surface area contributed by atoms with Crippen LogP contribution in [0.4, 0.5) is 0 Å². The number of H-pyrrole nitrogens is 1. The number of benzene rings is 1. The van der Waals surface area contributed by atoms with Crippen LogP contribution >= 0.6 is 0 Å². The fourth-order valence-corrected chi connectivity index (χ4v) is 3.61. The van der Waals surface area contributed by atoms with Crippen molar-refractivity contribution >= 4 is 16.8 Å². The van der Waals surface area contributed by atoms with Gasteiger partial charge in [0.1, 0.15) is 6.10 Å². The quantitative estimate of drug-likeness (QED) is 0.943. The van der Waals surface area contributed by atoms with Crippen LogP contribution < -0.4 is 0 Å². The number of nitrogens with zero attached hydrogens (tertiary/aromatic N) is 2. The summed E-state index contributed by atoms with van der Waals surface area (Å²) in [5.41, 5.74) is 2.52. The number of ether oxygens (including phenoxy) is 1. The molecule has 3 heterocycles. The number of para-hydroxylation sites is 1. The standard InChI is InChI=1S/C18H23N3O2/c22-18(17-6-3-11-23-17)21-9-7-20(8-10-21)13-14-12-19-16-5-2-1-4-15(14)16/h1-2,4-5,12,17,19H,3,6-11,13H2. The minimum atomic E-state index is -0.185. The summed E-state index contributed by atoms with van der Waals surface area (Å²) in [6.07, 6.45) is 3.81. The zero-order valence-corrected chi connectivity index (χ0v) is 13.3. The Balaban J connectivity index is 1.35. The van der Waals surface area contributed by atoms with Gasteiger partial charge in [0.15, 0.2) is 0 Å². The maximum absolute atomic E-state index is 12.4. The summed E-state index contributed by atoms with van der Waals surface area (Å²) in [4.78, 5) is 20.1. The van der Waals surface area contributed by atoms with Gasteiger partial charge in [-0.1, -0.05) is 18.2 Å². The number of rotatable bonds is 3. The second kappa shape index (κ2) is 6.34. The molecule has 122 valence electrons. The van der Waals surface area contributed by atoms with E-state index >= 15 is 0 Å². The van der Waals surface area contributed by atoms with Gasteiger partial charge < -0.3 is 14.6 Å². The molecule has 4 rings (SSSR count). The molecule has 2 saturated heterocycles. The minimum Gasteiger partial charge on any atom is -0.368 e. The fourth-order valence-electron chi connectivity index (χ4n) is 3.61. The highest BCUT2D eigenvalue weighted by Crippen LogP contribution is 2.21. The van der Waals surface area contributed by atoms with Gasteiger partial charge in [-0.3, -0.25) is 9.69 Å². The SMILES string of the molecule is O=C(C1CCCO1)N1CCN(Cc2c[nH]c3ccccc23)CC1. The molecule has 0 aliphatic carbocycles. The van der Waals surface area contributed by atoms with Crippen LogP contribution in [0, 0.1) is 0 Å². The number of carbonyl (C=O) groups excluding carboxylic acids is 1. The Morgan fingerprint density at radius 2 is 2.04 bits per heavy atom. The van der Waals surface area contributed by atoms with Gasteiger partial charge >= 0.3 is 0 Å². The topological polar surface area (TPSA) is 48.6 Å². The van der Waals surface area contributed by atoms with Crippen molar-refractivity contribution in [2.24, 2.45) is 0 Å². The van der Waals surface area contributed by atoms with Gasteiger partial charge in [0.05, 0.1) is 0 Å². The van der Waals surface area contributed by atoms with Gasteiger partial charge in [0.25, 0.3) is 5.91 Å². The first-order chi connectivity index (χ1) is 11.3. The van der Waals surface area contributed by atoms with Gasteiger partial charge in [-0.2, -0.15) is 0 Å². The Bertz CT molecular complexity index is 682. The largest absolute Gasteiger partial charge is 0.368 e. The van der Waals surface area contributed by atoms with E-state index in [2.05, 4.69) is 40.3 Å². The van der Waals surface area contributed by atoms with Crippen molar-refractivity contribution in [3.8, 4) is 0 Å². The smallest absolute Gasteiger partial charge is 0.251 e. The van der Waals surface area contributed by atoms with Gasteiger partial charge in [-0.15, -0.1) is 0 Å². The molecule has 0 saturated carbocycles. The summed E-state index contributed by atoms with van der Waals surface area (Å²) in [7, 11) is 0. The first kappa shape index (κ1) is 14.7. The number of aromatic amines is 1.